The highest BCUT2D eigenvalue weighted by molar-refractivity contribution is 6.31. The predicted octanol–water partition coefficient (Wildman–Crippen LogP) is 2.67. The average molecular weight is 344 g/mol. The number of aryl methyl sites for hydroxylation is 1. The van der Waals surface area contributed by atoms with Crippen LogP contribution in [0.3, 0.4) is 0 Å². The Morgan fingerprint density at radius 1 is 1.17 bits per heavy atom. The highest BCUT2D eigenvalue weighted by Crippen LogP contribution is 2.41. The van der Waals surface area contributed by atoms with Crippen LogP contribution in [0, 0.1) is 0 Å². The van der Waals surface area contributed by atoms with E-state index in [-0.39, 0.29) is 17.0 Å². The largest absolute Gasteiger partial charge is 0.365 e. The molecule has 6 heteroatoms. The second-order valence-corrected chi connectivity index (χ2v) is 6.79. The summed E-state index contributed by atoms with van der Waals surface area (Å²) in [7, 11) is 1.65. The van der Waals surface area contributed by atoms with Crippen molar-refractivity contribution in [2.24, 2.45) is 7.05 Å². The SMILES string of the molecule is Cn1cccc(C(=O)N2CCN(C3CC3)c3ccc(Cl)cc32)c1=O. The van der Waals surface area contributed by atoms with Gasteiger partial charge >= 0.3 is 0 Å². The summed E-state index contributed by atoms with van der Waals surface area (Å²) >= 11 is 6.17. The van der Waals surface area contributed by atoms with Crippen molar-refractivity contribution in [1.29, 1.82) is 0 Å². The molecule has 0 radical (unpaired) electrons. The zero-order chi connectivity index (χ0) is 16.8. The van der Waals surface area contributed by atoms with E-state index < -0.39 is 0 Å². The van der Waals surface area contributed by atoms with Crippen LogP contribution in [0.2, 0.25) is 5.02 Å². The van der Waals surface area contributed by atoms with Gasteiger partial charge in [-0.15, -0.1) is 0 Å². The third-order valence-electron chi connectivity index (χ3n) is 4.69. The van der Waals surface area contributed by atoms with E-state index in [0.29, 0.717) is 17.6 Å². The van der Waals surface area contributed by atoms with Crippen LogP contribution < -0.4 is 15.4 Å². The minimum Gasteiger partial charge on any atom is -0.365 e. The van der Waals surface area contributed by atoms with E-state index in [1.807, 2.05) is 18.2 Å². The van der Waals surface area contributed by atoms with E-state index in [1.165, 1.54) is 17.4 Å². The van der Waals surface area contributed by atoms with Crippen molar-refractivity contribution in [2.75, 3.05) is 22.9 Å². The van der Waals surface area contributed by atoms with Gasteiger partial charge in [-0.05, 0) is 43.2 Å². The number of aromatic nitrogens is 1. The number of fused-ring (bicyclic) bond motifs is 1. The first-order valence-corrected chi connectivity index (χ1v) is 8.48. The van der Waals surface area contributed by atoms with Crippen LogP contribution in [0.1, 0.15) is 23.2 Å². The van der Waals surface area contributed by atoms with Gasteiger partial charge in [-0.2, -0.15) is 0 Å². The standard InChI is InChI=1S/C18H18ClN3O2/c1-20-8-2-3-14(17(20)23)18(24)22-10-9-21(13-5-6-13)15-7-4-12(19)11-16(15)22/h2-4,7-8,11,13H,5-6,9-10H2,1H3. The van der Waals surface area contributed by atoms with Crippen LogP contribution in [0.25, 0.3) is 0 Å². The summed E-state index contributed by atoms with van der Waals surface area (Å²) in [6.07, 6.45) is 4.03. The quantitative estimate of drug-likeness (QED) is 0.842. The van der Waals surface area contributed by atoms with E-state index >= 15 is 0 Å². The first kappa shape index (κ1) is 15.3. The molecule has 0 atom stereocenters. The molecule has 0 saturated heterocycles. The molecule has 1 aromatic heterocycles. The van der Waals surface area contributed by atoms with Gasteiger partial charge in [-0.25, -0.2) is 0 Å². The Hall–Kier alpha value is -2.27. The fraction of sp³-hybridized carbons (Fsp3) is 0.333. The molecule has 0 unspecified atom stereocenters. The van der Waals surface area contributed by atoms with Gasteiger partial charge in [-0.1, -0.05) is 11.6 Å². The van der Waals surface area contributed by atoms with Crippen molar-refractivity contribution in [1.82, 2.24) is 4.57 Å². The molecule has 0 spiro atoms. The van der Waals surface area contributed by atoms with E-state index in [1.54, 1.807) is 30.3 Å². The third kappa shape index (κ3) is 2.49. The lowest BCUT2D eigenvalue weighted by atomic mass is 10.1. The molecule has 24 heavy (non-hydrogen) atoms. The van der Waals surface area contributed by atoms with E-state index in [0.717, 1.165) is 17.9 Å². The van der Waals surface area contributed by atoms with Crippen LogP contribution in [0.15, 0.2) is 41.3 Å². The summed E-state index contributed by atoms with van der Waals surface area (Å²) in [5, 5.41) is 0.588. The number of benzene rings is 1. The number of carbonyl (C=O) groups excluding carboxylic acids is 1. The summed E-state index contributed by atoms with van der Waals surface area (Å²) < 4.78 is 1.42. The smallest absolute Gasteiger partial charge is 0.264 e. The fourth-order valence-electron chi connectivity index (χ4n) is 3.29. The van der Waals surface area contributed by atoms with Gasteiger partial charge in [0.2, 0.25) is 0 Å². The summed E-state index contributed by atoms with van der Waals surface area (Å²) in [5.41, 5.74) is 1.72. The van der Waals surface area contributed by atoms with Crippen LogP contribution in [0.5, 0.6) is 0 Å². The first-order valence-electron chi connectivity index (χ1n) is 8.10. The van der Waals surface area contributed by atoms with Crippen LogP contribution in [-0.2, 0) is 7.05 Å². The van der Waals surface area contributed by atoms with Gasteiger partial charge in [0.25, 0.3) is 11.5 Å². The zero-order valence-electron chi connectivity index (χ0n) is 13.4. The van der Waals surface area contributed by atoms with Crippen LogP contribution in [-0.4, -0.2) is 29.6 Å². The second kappa shape index (κ2) is 5.67. The second-order valence-electron chi connectivity index (χ2n) is 6.35. The maximum absolute atomic E-state index is 13.0. The van der Waals surface area contributed by atoms with Crippen molar-refractivity contribution in [2.45, 2.75) is 18.9 Å². The summed E-state index contributed by atoms with van der Waals surface area (Å²) in [6, 6.07) is 9.50. The molecule has 1 aromatic carbocycles. The van der Waals surface area contributed by atoms with Gasteiger partial charge in [-0.3, -0.25) is 9.59 Å². The minimum atomic E-state index is -0.282. The van der Waals surface area contributed by atoms with E-state index in [2.05, 4.69) is 4.90 Å². The minimum absolute atomic E-state index is 0.186. The number of amides is 1. The Morgan fingerprint density at radius 2 is 1.96 bits per heavy atom. The molecule has 0 N–H and O–H groups in total. The fourth-order valence-corrected chi connectivity index (χ4v) is 3.45. The molecular formula is C18H18ClN3O2. The Bertz CT molecular complexity index is 873. The molecule has 5 nitrogen and oxygen atoms in total. The van der Waals surface area contributed by atoms with Gasteiger partial charge in [0.1, 0.15) is 5.56 Å². The molecule has 0 bridgehead atoms. The van der Waals surface area contributed by atoms with Gasteiger partial charge in [0.15, 0.2) is 0 Å². The number of hydrogen-bond donors (Lipinski definition) is 0. The number of carbonyl (C=O) groups is 1. The lowest BCUT2D eigenvalue weighted by Crippen LogP contribution is -2.46. The van der Waals surface area contributed by atoms with Gasteiger partial charge < -0.3 is 14.4 Å². The van der Waals surface area contributed by atoms with Crippen molar-refractivity contribution >= 4 is 28.9 Å². The van der Waals surface area contributed by atoms with Crippen LogP contribution >= 0.6 is 11.6 Å². The predicted molar refractivity (Wildman–Crippen MR) is 95.2 cm³/mol. The monoisotopic (exact) mass is 343 g/mol. The molecular weight excluding hydrogens is 326 g/mol. The summed E-state index contributed by atoms with van der Waals surface area (Å²) in [6.45, 7) is 1.33. The number of anilines is 2. The van der Waals surface area contributed by atoms with E-state index in [4.69, 9.17) is 11.6 Å². The average Bonchev–Trinajstić information content (AvgIpc) is 3.40. The van der Waals surface area contributed by atoms with Crippen molar-refractivity contribution < 1.29 is 4.79 Å². The Morgan fingerprint density at radius 3 is 2.71 bits per heavy atom. The van der Waals surface area contributed by atoms with Crippen molar-refractivity contribution in [3.63, 3.8) is 0 Å². The van der Waals surface area contributed by atoms with E-state index in [9.17, 15) is 9.59 Å². The highest BCUT2D eigenvalue weighted by atomic mass is 35.5. The maximum atomic E-state index is 13.0. The molecule has 2 aliphatic rings. The number of pyridine rings is 1. The Labute approximate surface area is 145 Å². The highest BCUT2D eigenvalue weighted by Gasteiger charge is 2.36. The molecule has 1 aliphatic heterocycles. The summed E-state index contributed by atoms with van der Waals surface area (Å²) in [4.78, 5) is 29.3. The van der Waals surface area contributed by atoms with Gasteiger partial charge in [0.05, 0.1) is 11.4 Å². The Kier molecular flexibility index (Phi) is 3.61. The third-order valence-corrected chi connectivity index (χ3v) is 4.92. The molecule has 2 aromatic rings. The zero-order valence-corrected chi connectivity index (χ0v) is 14.2. The number of nitrogens with zero attached hydrogens (tertiary/aromatic N) is 3. The lowest BCUT2D eigenvalue weighted by Gasteiger charge is -2.38. The molecule has 1 saturated carbocycles. The molecule has 4 rings (SSSR count). The number of rotatable bonds is 2. The Balaban J connectivity index is 1.77. The number of halogens is 1. The molecule has 1 amide bonds. The van der Waals surface area contributed by atoms with Crippen LogP contribution in [0.4, 0.5) is 11.4 Å². The lowest BCUT2D eigenvalue weighted by molar-refractivity contribution is 0.0984. The first-order chi connectivity index (χ1) is 11.6. The molecule has 1 fully saturated rings. The molecule has 2 heterocycles. The summed E-state index contributed by atoms with van der Waals surface area (Å²) in [5.74, 6) is -0.268. The normalized spacial score (nSPS) is 16.9. The van der Waals surface area contributed by atoms with Crippen molar-refractivity contribution in [3.05, 3.63) is 57.5 Å². The maximum Gasteiger partial charge on any atom is 0.264 e. The van der Waals surface area contributed by atoms with Crippen molar-refractivity contribution in [3.8, 4) is 0 Å². The topological polar surface area (TPSA) is 45.6 Å². The van der Waals surface area contributed by atoms with Gasteiger partial charge in [0, 0.05) is 37.4 Å². The molecule has 124 valence electrons. The molecule has 1 aliphatic carbocycles. The number of hydrogen-bond acceptors (Lipinski definition) is 3.